The van der Waals surface area contributed by atoms with Crippen molar-refractivity contribution >= 4 is 5.97 Å². The molecule has 2 N–H and O–H groups in total. The molecule has 0 amide bonds. The minimum absolute atomic E-state index is 0.389. The number of rotatable bonds is 11. The largest absolute Gasteiger partial charge is 0.480 e. The van der Waals surface area contributed by atoms with E-state index in [0.717, 1.165) is 38.0 Å². The molecule has 0 aromatic carbocycles. The number of carboxylic acid groups (broad SMARTS) is 1. The van der Waals surface area contributed by atoms with Crippen molar-refractivity contribution in [2.45, 2.75) is 65.0 Å². The summed E-state index contributed by atoms with van der Waals surface area (Å²) in [6, 6.07) is 0.333. The van der Waals surface area contributed by atoms with Crippen LogP contribution in [-0.4, -0.2) is 47.7 Å². The first-order chi connectivity index (χ1) is 9.04. The fourth-order valence-corrected chi connectivity index (χ4v) is 2.27. The van der Waals surface area contributed by atoms with Crippen LogP contribution in [-0.2, 0) is 4.79 Å². The fourth-order valence-electron chi connectivity index (χ4n) is 2.27. The predicted molar refractivity (Wildman–Crippen MR) is 78.4 cm³/mol. The molecule has 0 heterocycles. The number of hydrogen-bond acceptors (Lipinski definition) is 3. The van der Waals surface area contributed by atoms with Gasteiger partial charge in [-0.3, -0.25) is 4.79 Å². The van der Waals surface area contributed by atoms with Gasteiger partial charge < -0.3 is 15.3 Å². The van der Waals surface area contributed by atoms with Crippen molar-refractivity contribution in [1.82, 2.24) is 10.2 Å². The lowest BCUT2D eigenvalue weighted by atomic mass is 10.1. The first-order valence-electron chi connectivity index (χ1n) is 7.74. The van der Waals surface area contributed by atoms with Crippen LogP contribution in [0.25, 0.3) is 0 Å². The van der Waals surface area contributed by atoms with Gasteiger partial charge in [-0.15, -0.1) is 0 Å². The summed E-state index contributed by atoms with van der Waals surface area (Å²) < 4.78 is 0. The van der Waals surface area contributed by atoms with Crippen molar-refractivity contribution in [3.63, 3.8) is 0 Å². The second-order valence-corrected chi connectivity index (χ2v) is 6.08. The van der Waals surface area contributed by atoms with Gasteiger partial charge in [0.05, 0.1) is 0 Å². The van der Waals surface area contributed by atoms with Crippen LogP contribution in [0.5, 0.6) is 0 Å². The third-order valence-electron chi connectivity index (χ3n) is 3.70. The van der Waals surface area contributed by atoms with Crippen LogP contribution >= 0.6 is 0 Å². The topological polar surface area (TPSA) is 52.6 Å². The highest BCUT2D eigenvalue weighted by Gasteiger charge is 2.29. The van der Waals surface area contributed by atoms with Crippen LogP contribution in [0.2, 0.25) is 0 Å². The van der Waals surface area contributed by atoms with Crippen LogP contribution in [0.3, 0.4) is 0 Å². The summed E-state index contributed by atoms with van der Waals surface area (Å²) in [6.45, 7) is 9.35. The third-order valence-corrected chi connectivity index (χ3v) is 3.70. The van der Waals surface area contributed by atoms with Gasteiger partial charge >= 0.3 is 5.97 Å². The molecule has 0 aromatic rings. The second-order valence-electron chi connectivity index (χ2n) is 6.08. The van der Waals surface area contributed by atoms with Crippen LogP contribution < -0.4 is 5.32 Å². The minimum Gasteiger partial charge on any atom is -0.480 e. The van der Waals surface area contributed by atoms with E-state index in [0.29, 0.717) is 6.42 Å². The van der Waals surface area contributed by atoms with Crippen LogP contribution in [0.1, 0.15) is 52.9 Å². The SMILES string of the molecule is CCCNC(CCN(CCC(C)C)C1CC1)C(=O)O. The molecule has 1 saturated carbocycles. The Balaban J connectivity index is 2.33. The zero-order valence-corrected chi connectivity index (χ0v) is 12.7. The van der Waals surface area contributed by atoms with E-state index >= 15 is 0 Å². The number of nitrogens with one attached hydrogen (secondary N) is 1. The Hall–Kier alpha value is -0.610. The van der Waals surface area contributed by atoms with Gasteiger partial charge in [-0.05, 0) is 51.1 Å². The van der Waals surface area contributed by atoms with E-state index in [4.69, 9.17) is 0 Å². The molecule has 4 heteroatoms. The van der Waals surface area contributed by atoms with Gasteiger partial charge in [0.25, 0.3) is 0 Å². The molecule has 1 fully saturated rings. The van der Waals surface area contributed by atoms with Crippen LogP contribution in [0, 0.1) is 5.92 Å². The summed E-state index contributed by atoms with van der Waals surface area (Å²) >= 11 is 0. The molecular weight excluding hydrogens is 240 g/mol. The van der Waals surface area contributed by atoms with Gasteiger partial charge in [-0.1, -0.05) is 20.8 Å². The Kier molecular flexibility index (Phi) is 7.39. The second kappa shape index (κ2) is 8.54. The maximum Gasteiger partial charge on any atom is 0.320 e. The zero-order chi connectivity index (χ0) is 14.3. The molecule has 0 aliphatic heterocycles. The molecule has 112 valence electrons. The first kappa shape index (κ1) is 16.4. The highest BCUT2D eigenvalue weighted by Crippen LogP contribution is 2.27. The van der Waals surface area contributed by atoms with E-state index in [1.165, 1.54) is 19.3 Å². The maximum atomic E-state index is 11.2. The summed E-state index contributed by atoms with van der Waals surface area (Å²) in [5, 5.41) is 12.3. The number of hydrogen-bond donors (Lipinski definition) is 2. The van der Waals surface area contributed by atoms with Gasteiger partial charge in [0.2, 0.25) is 0 Å². The molecule has 1 aliphatic carbocycles. The molecule has 4 nitrogen and oxygen atoms in total. The van der Waals surface area contributed by atoms with E-state index in [-0.39, 0.29) is 6.04 Å². The summed E-state index contributed by atoms with van der Waals surface area (Å²) in [4.78, 5) is 13.7. The molecule has 1 aliphatic rings. The molecule has 0 saturated heterocycles. The minimum atomic E-state index is -0.715. The van der Waals surface area contributed by atoms with E-state index in [9.17, 15) is 9.90 Å². The Morgan fingerprint density at radius 3 is 2.42 bits per heavy atom. The van der Waals surface area contributed by atoms with Crippen molar-refractivity contribution in [2.24, 2.45) is 5.92 Å². The third kappa shape index (κ3) is 6.92. The first-order valence-corrected chi connectivity index (χ1v) is 7.74. The molecule has 0 bridgehead atoms. The Labute approximate surface area is 117 Å². The Morgan fingerprint density at radius 2 is 1.95 bits per heavy atom. The van der Waals surface area contributed by atoms with E-state index in [2.05, 4.69) is 31.0 Å². The zero-order valence-electron chi connectivity index (χ0n) is 12.7. The van der Waals surface area contributed by atoms with Gasteiger partial charge in [0, 0.05) is 12.6 Å². The normalized spacial score (nSPS) is 17.1. The maximum absolute atomic E-state index is 11.2. The highest BCUT2D eigenvalue weighted by molar-refractivity contribution is 5.73. The lowest BCUT2D eigenvalue weighted by molar-refractivity contribution is -0.139. The molecule has 0 radical (unpaired) electrons. The lowest BCUT2D eigenvalue weighted by Gasteiger charge is -2.24. The monoisotopic (exact) mass is 270 g/mol. The summed E-state index contributed by atoms with van der Waals surface area (Å²) in [5.74, 6) is 0.00259. The molecule has 1 rings (SSSR count). The molecule has 19 heavy (non-hydrogen) atoms. The van der Waals surface area contributed by atoms with E-state index < -0.39 is 5.97 Å². The summed E-state index contributed by atoms with van der Waals surface area (Å²) in [6.07, 6.45) is 5.47. The van der Waals surface area contributed by atoms with Gasteiger partial charge in [-0.2, -0.15) is 0 Å². The van der Waals surface area contributed by atoms with Crippen molar-refractivity contribution in [1.29, 1.82) is 0 Å². The van der Waals surface area contributed by atoms with E-state index in [1.807, 2.05) is 0 Å². The summed E-state index contributed by atoms with van der Waals surface area (Å²) in [5.41, 5.74) is 0. The Bertz CT molecular complexity index is 265. The van der Waals surface area contributed by atoms with Crippen LogP contribution in [0.15, 0.2) is 0 Å². The summed E-state index contributed by atoms with van der Waals surface area (Å²) in [7, 11) is 0. The van der Waals surface area contributed by atoms with Gasteiger partial charge in [0.15, 0.2) is 0 Å². The van der Waals surface area contributed by atoms with Crippen LogP contribution in [0.4, 0.5) is 0 Å². The number of carboxylic acids is 1. The number of aliphatic carboxylic acids is 1. The Morgan fingerprint density at radius 1 is 1.32 bits per heavy atom. The predicted octanol–water partition coefficient (Wildman–Crippen LogP) is 2.34. The average molecular weight is 270 g/mol. The quantitative estimate of drug-likeness (QED) is 0.605. The smallest absolute Gasteiger partial charge is 0.320 e. The van der Waals surface area contributed by atoms with Crippen molar-refractivity contribution in [2.75, 3.05) is 19.6 Å². The van der Waals surface area contributed by atoms with Crippen molar-refractivity contribution in [3.05, 3.63) is 0 Å². The standard InChI is InChI=1S/C15H30N2O2/c1-4-9-16-14(15(18)19)8-11-17(13-5-6-13)10-7-12(2)3/h12-14,16H,4-11H2,1-3H3,(H,18,19). The molecule has 0 spiro atoms. The molecule has 1 atom stereocenters. The highest BCUT2D eigenvalue weighted by atomic mass is 16.4. The number of nitrogens with zero attached hydrogens (tertiary/aromatic N) is 1. The number of carbonyl (C=O) groups is 1. The lowest BCUT2D eigenvalue weighted by Crippen LogP contribution is -2.41. The molecule has 0 aromatic heterocycles. The van der Waals surface area contributed by atoms with Crippen molar-refractivity contribution < 1.29 is 9.90 Å². The average Bonchev–Trinajstić information content (AvgIpc) is 3.16. The molecular formula is C15H30N2O2. The molecule has 1 unspecified atom stereocenters. The van der Waals surface area contributed by atoms with E-state index in [1.54, 1.807) is 0 Å². The van der Waals surface area contributed by atoms with Gasteiger partial charge in [0.1, 0.15) is 6.04 Å². The van der Waals surface area contributed by atoms with Gasteiger partial charge in [-0.25, -0.2) is 0 Å². The fraction of sp³-hybridized carbons (Fsp3) is 0.933. The van der Waals surface area contributed by atoms with Crippen molar-refractivity contribution in [3.8, 4) is 0 Å².